The number of amides is 1. The Labute approximate surface area is 119 Å². The highest BCUT2D eigenvalue weighted by Gasteiger charge is 2.43. The second-order valence-corrected chi connectivity index (χ2v) is 5.82. The largest absolute Gasteiger partial charge is 0.479 e. The SMILES string of the molecule is O=C(NC1(C(=O)O)CCSC1)c1ccc2c(c1)OCO2. The third-order valence-electron chi connectivity index (χ3n) is 3.42. The summed E-state index contributed by atoms with van der Waals surface area (Å²) in [4.78, 5) is 23.6. The van der Waals surface area contributed by atoms with E-state index in [0.29, 0.717) is 29.2 Å². The van der Waals surface area contributed by atoms with Crippen molar-refractivity contribution in [1.82, 2.24) is 5.32 Å². The summed E-state index contributed by atoms with van der Waals surface area (Å²) in [6.07, 6.45) is 0.434. The number of ether oxygens (including phenoxy) is 2. The number of carboxylic acid groups (broad SMARTS) is 1. The molecule has 1 amide bonds. The number of thioether (sulfide) groups is 1. The molecule has 1 aromatic rings. The summed E-state index contributed by atoms with van der Waals surface area (Å²) < 4.78 is 10.4. The van der Waals surface area contributed by atoms with E-state index in [1.807, 2.05) is 0 Å². The number of nitrogens with one attached hydrogen (secondary N) is 1. The molecule has 2 heterocycles. The van der Waals surface area contributed by atoms with Gasteiger partial charge in [0.15, 0.2) is 11.5 Å². The van der Waals surface area contributed by atoms with E-state index < -0.39 is 17.4 Å². The van der Waals surface area contributed by atoms with E-state index in [9.17, 15) is 14.7 Å². The molecular formula is C13H13NO5S. The summed E-state index contributed by atoms with van der Waals surface area (Å²) in [5, 5.41) is 12.0. The van der Waals surface area contributed by atoms with Gasteiger partial charge in [0.2, 0.25) is 6.79 Å². The average Bonchev–Trinajstić information content (AvgIpc) is 3.06. The van der Waals surface area contributed by atoms with Crippen molar-refractivity contribution in [2.45, 2.75) is 12.0 Å². The normalized spacial score (nSPS) is 23.6. The minimum absolute atomic E-state index is 0.135. The molecule has 1 saturated heterocycles. The summed E-state index contributed by atoms with van der Waals surface area (Å²) >= 11 is 1.53. The Balaban J connectivity index is 1.80. The van der Waals surface area contributed by atoms with Crippen LogP contribution in [0.3, 0.4) is 0 Å². The van der Waals surface area contributed by atoms with Crippen LogP contribution in [0.15, 0.2) is 18.2 Å². The smallest absolute Gasteiger partial charge is 0.330 e. The Kier molecular flexibility index (Phi) is 3.21. The lowest BCUT2D eigenvalue weighted by Gasteiger charge is -2.24. The van der Waals surface area contributed by atoms with Crippen molar-refractivity contribution in [2.24, 2.45) is 0 Å². The highest BCUT2D eigenvalue weighted by Crippen LogP contribution is 2.33. The maximum atomic E-state index is 12.2. The molecule has 6 nitrogen and oxygen atoms in total. The van der Waals surface area contributed by atoms with Gasteiger partial charge in [0.1, 0.15) is 5.54 Å². The molecule has 7 heteroatoms. The van der Waals surface area contributed by atoms with Crippen LogP contribution in [0.5, 0.6) is 11.5 Å². The van der Waals surface area contributed by atoms with Gasteiger partial charge in [-0.05, 0) is 30.4 Å². The highest BCUT2D eigenvalue weighted by atomic mass is 32.2. The molecule has 2 aliphatic rings. The zero-order chi connectivity index (χ0) is 14.2. The van der Waals surface area contributed by atoms with Gasteiger partial charge in [0.05, 0.1) is 0 Å². The van der Waals surface area contributed by atoms with Crippen molar-refractivity contribution in [1.29, 1.82) is 0 Å². The lowest BCUT2D eigenvalue weighted by molar-refractivity contribution is -0.143. The highest BCUT2D eigenvalue weighted by molar-refractivity contribution is 7.99. The van der Waals surface area contributed by atoms with Gasteiger partial charge in [-0.15, -0.1) is 0 Å². The van der Waals surface area contributed by atoms with Gasteiger partial charge in [-0.1, -0.05) is 0 Å². The van der Waals surface area contributed by atoms with Crippen LogP contribution in [0.4, 0.5) is 0 Å². The van der Waals surface area contributed by atoms with Gasteiger partial charge in [-0.3, -0.25) is 4.79 Å². The van der Waals surface area contributed by atoms with Gasteiger partial charge in [-0.2, -0.15) is 11.8 Å². The molecular weight excluding hydrogens is 282 g/mol. The quantitative estimate of drug-likeness (QED) is 0.869. The minimum Gasteiger partial charge on any atom is -0.479 e. The maximum absolute atomic E-state index is 12.2. The Bertz CT molecular complexity index is 568. The first-order valence-corrected chi connectivity index (χ1v) is 7.29. The number of fused-ring (bicyclic) bond motifs is 1. The fraction of sp³-hybridized carbons (Fsp3) is 0.385. The molecule has 2 aliphatic heterocycles. The van der Waals surface area contributed by atoms with Crippen LogP contribution in [-0.4, -0.2) is 40.8 Å². The fourth-order valence-corrected chi connectivity index (χ4v) is 3.54. The molecule has 0 bridgehead atoms. The van der Waals surface area contributed by atoms with Crippen LogP contribution in [0.1, 0.15) is 16.8 Å². The molecule has 1 fully saturated rings. The van der Waals surface area contributed by atoms with Crippen molar-refractivity contribution in [3.63, 3.8) is 0 Å². The van der Waals surface area contributed by atoms with E-state index in [4.69, 9.17) is 9.47 Å². The molecule has 106 valence electrons. The Morgan fingerprint density at radius 1 is 1.30 bits per heavy atom. The molecule has 1 atom stereocenters. The summed E-state index contributed by atoms with van der Waals surface area (Å²) in [5.74, 6) is 0.810. The maximum Gasteiger partial charge on any atom is 0.330 e. The van der Waals surface area contributed by atoms with Crippen molar-refractivity contribution in [3.05, 3.63) is 23.8 Å². The second kappa shape index (κ2) is 4.90. The summed E-state index contributed by atoms with van der Waals surface area (Å²) in [5.41, 5.74) is -0.801. The Morgan fingerprint density at radius 2 is 2.10 bits per heavy atom. The molecule has 0 aliphatic carbocycles. The van der Waals surface area contributed by atoms with Gasteiger partial charge in [-0.25, -0.2) is 4.79 Å². The van der Waals surface area contributed by atoms with Gasteiger partial charge >= 0.3 is 5.97 Å². The second-order valence-electron chi connectivity index (χ2n) is 4.71. The molecule has 0 aromatic heterocycles. The lowest BCUT2D eigenvalue weighted by Crippen LogP contribution is -2.54. The van der Waals surface area contributed by atoms with Gasteiger partial charge in [0, 0.05) is 11.3 Å². The molecule has 1 unspecified atom stereocenters. The van der Waals surface area contributed by atoms with Crippen molar-refractivity contribution in [2.75, 3.05) is 18.3 Å². The number of carbonyl (C=O) groups excluding carboxylic acids is 1. The summed E-state index contributed by atoms with van der Waals surface area (Å²) in [6.45, 7) is 0.135. The fourth-order valence-electron chi connectivity index (χ4n) is 2.21. The van der Waals surface area contributed by atoms with Crippen molar-refractivity contribution in [3.8, 4) is 11.5 Å². The number of rotatable bonds is 3. The van der Waals surface area contributed by atoms with Crippen LogP contribution < -0.4 is 14.8 Å². The molecule has 20 heavy (non-hydrogen) atoms. The lowest BCUT2D eigenvalue weighted by atomic mass is 9.98. The van der Waals surface area contributed by atoms with Crippen LogP contribution in [0, 0.1) is 0 Å². The number of benzene rings is 1. The third-order valence-corrected chi connectivity index (χ3v) is 4.61. The molecule has 0 spiro atoms. The Hall–Kier alpha value is -1.89. The molecule has 0 radical (unpaired) electrons. The third kappa shape index (κ3) is 2.18. The van der Waals surface area contributed by atoms with Crippen molar-refractivity contribution >= 4 is 23.6 Å². The topological polar surface area (TPSA) is 84.9 Å². The predicted molar refractivity (Wildman–Crippen MR) is 72.3 cm³/mol. The first-order chi connectivity index (χ1) is 9.61. The summed E-state index contributed by atoms with van der Waals surface area (Å²) in [6, 6.07) is 4.81. The molecule has 0 saturated carbocycles. The zero-order valence-electron chi connectivity index (χ0n) is 10.5. The Morgan fingerprint density at radius 3 is 2.80 bits per heavy atom. The number of aliphatic carboxylic acids is 1. The zero-order valence-corrected chi connectivity index (χ0v) is 11.4. The predicted octanol–water partition coefficient (Wildman–Crippen LogP) is 1.11. The monoisotopic (exact) mass is 295 g/mol. The van der Waals surface area contributed by atoms with Crippen molar-refractivity contribution < 1.29 is 24.2 Å². The number of carboxylic acids is 1. The summed E-state index contributed by atoms with van der Waals surface area (Å²) in [7, 11) is 0. The van der Waals surface area contributed by atoms with E-state index in [1.54, 1.807) is 18.2 Å². The van der Waals surface area contributed by atoms with E-state index in [2.05, 4.69) is 5.32 Å². The van der Waals surface area contributed by atoms with E-state index >= 15 is 0 Å². The van der Waals surface area contributed by atoms with Gasteiger partial charge < -0.3 is 19.9 Å². The van der Waals surface area contributed by atoms with Gasteiger partial charge in [0.25, 0.3) is 5.91 Å². The average molecular weight is 295 g/mol. The van der Waals surface area contributed by atoms with E-state index in [0.717, 1.165) is 5.75 Å². The molecule has 1 aromatic carbocycles. The van der Waals surface area contributed by atoms with E-state index in [-0.39, 0.29) is 6.79 Å². The standard InChI is InChI=1S/C13H13NO5S/c15-11(14-13(12(16)17)3-4-20-6-13)8-1-2-9-10(5-8)19-7-18-9/h1-2,5H,3-4,6-7H2,(H,14,15)(H,16,17). The minimum atomic E-state index is -1.17. The number of hydrogen-bond donors (Lipinski definition) is 2. The first-order valence-electron chi connectivity index (χ1n) is 6.14. The van der Waals surface area contributed by atoms with Crippen LogP contribution in [0.2, 0.25) is 0 Å². The number of carbonyl (C=O) groups is 2. The van der Waals surface area contributed by atoms with Crippen LogP contribution in [-0.2, 0) is 4.79 Å². The number of hydrogen-bond acceptors (Lipinski definition) is 5. The van der Waals surface area contributed by atoms with Crippen LogP contribution in [0.25, 0.3) is 0 Å². The first kappa shape index (κ1) is 13.1. The molecule has 3 rings (SSSR count). The van der Waals surface area contributed by atoms with Crippen LogP contribution >= 0.6 is 11.8 Å². The molecule has 2 N–H and O–H groups in total. The van der Waals surface area contributed by atoms with E-state index in [1.165, 1.54) is 11.8 Å².